The van der Waals surface area contributed by atoms with Crippen LogP contribution in [0.3, 0.4) is 0 Å². The molecule has 1 heterocycles. The predicted molar refractivity (Wildman–Crippen MR) is 55.9 cm³/mol. The SMILES string of the molecule is ClCc1cn(-c2ccc(Cl)cc2)nn1. The fraction of sp³-hybridized carbons (Fsp3) is 0.111. The first-order valence-corrected chi connectivity index (χ1v) is 4.94. The minimum absolute atomic E-state index is 0.369. The van der Waals surface area contributed by atoms with Crippen molar-refractivity contribution in [1.82, 2.24) is 15.0 Å². The van der Waals surface area contributed by atoms with Gasteiger partial charge in [-0.05, 0) is 24.3 Å². The second-order valence-corrected chi connectivity index (χ2v) is 3.47. The molecule has 3 nitrogen and oxygen atoms in total. The first kappa shape index (κ1) is 9.49. The van der Waals surface area contributed by atoms with Crippen LogP contribution in [-0.2, 0) is 5.88 Å². The van der Waals surface area contributed by atoms with E-state index in [0.717, 1.165) is 11.4 Å². The van der Waals surface area contributed by atoms with E-state index < -0.39 is 0 Å². The Labute approximate surface area is 91.3 Å². The Balaban J connectivity index is 2.34. The maximum Gasteiger partial charge on any atom is 0.0979 e. The van der Waals surface area contributed by atoms with Crippen molar-refractivity contribution in [2.45, 2.75) is 5.88 Å². The standard InChI is InChI=1S/C9H7Cl2N3/c10-5-8-6-14(13-12-8)9-3-1-7(11)2-4-9/h1-4,6H,5H2. The summed E-state index contributed by atoms with van der Waals surface area (Å²) in [6, 6.07) is 7.35. The Morgan fingerprint density at radius 1 is 1.21 bits per heavy atom. The van der Waals surface area contributed by atoms with Crippen molar-refractivity contribution in [2.75, 3.05) is 0 Å². The van der Waals surface area contributed by atoms with Crippen molar-refractivity contribution < 1.29 is 0 Å². The Morgan fingerprint density at radius 2 is 1.93 bits per heavy atom. The molecule has 0 bridgehead atoms. The number of rotatable bonds is 2. The molecule has 0 saturated carbocycles. The van der Waals surface area contributed by atoms with Crippen LogP contribution in [0.15, 0.2) is 30.5 Å². The number of aromatic nitrogens is 3. The zero-order valence-corrected chi connectivity index (χ0v) is 8.70. The average molecular weight is 228 g/mol. The molecule has 0 aliphatic rings. The maximum absolute atomic E-state index is 5.77. The molecular weight excluding hydrogens is 221 g/mol. The van der Waals surface area contributed by atoms with Crippen molar-refractivity contribution >= 4 is 23.2 Å². The molecule has 2 rings (SSSR count). The highest BCUT2D eigenvalue weighted by Crippen LogP contribution is 2.12. The number of halogens is 2. The number of nitrogens with zero attached hydrogens (tertiary/aromatic N) is 3. The van der Waals surface area contributed by atoms with Crippen LogP contribution in [0.2, 0.25) is 5.02 Å². The van der Waals surface area contributed by atoms with Crippen LogP contribution in [0.25, 0.3) is 5.69 Å². The van der Waals surface area contributed by atoms with E-state index in [0.29, 0.717) is 10.9 Å². The van der Waals surface area contributed by atoms with Crippen molar-refractivity contribution in [3.8, 4) is 5.69 Å². The van der Waals surface area contributed by atoms with Gasteiger partial charge in [0.25, 0.3) is 0 Å². The van der Waals surface area contributed by atoms with Gasteiger partial charge in [-0.2, -0.15) is 0 Å². The van der Waals surface area contributed by atoms with Gasteiger partial charge in [-0.25, -0.2) is 4.68 Å². The maximum atomic E-state index is 5.77. The zero-order chi connectivity index (χ0) is 9.97. The Hall–Kier alpha value is -1.06. The molecule has 0 radical (unpaired) electrons. The summed E-state index contributed by atoms with van der Waals surface area (Å²) in [5.41, 5.74) is 1.67. The molecule has 0 aliphatic heterocycles. The molecule has 1 aromatic heterocycles. The summed E-state index contributed by atoms with van der Waals surface area (Å²) in [5, 5.41) is 8.51. The summed E-state index contributed by atoms with van der Waals surface area (Å²) in [4.78, 5) is 0. The van der Waals surface area contributed by atoms with Crippen LogP contribution in [0.5, 0.6) is 0 Å². The second kappa shape index (κ2) is 3.98. The third kappa shape index (κ3) is 1.89. The highest BCUT2D eigenvalue weighted by Gasteiger charge is 2.00. The van der Waals surface area contributed by atoms with E-state index in [1.807, 2.05) is 12.1 Å². The fourth-order valence-electron chi connectivity index (χ4n) is 1.08. The van der Waals surface area contributed by atoms with Gasteiger partial charge in [-0.1, -0.05) is 16.8 Å². The van der Waals surface area contributed by atoms with Gasteiger partial charge in [0, 0.05) is 5.02 Å². The number of alkyl halides is 1. The van der Waals surface area contributed by atoms with Crippen LogP contribution >= 0.6 is 23.2 Å². The lowest BCUT2D eigenvalue weighted by molar-refractivity contribution is 0.800. The van der Waals surface area contributed by atoms with Crippen LogP contribution in [0.1, 0.15) is 5.69 Å². The molecule has 2 aromatic rings. The Kier molecular flexibility index (Phi) is 2.70. The molecule has 0 N–H and O–H groups in total. The number of hydrogen-bond acceptors (Lipinski definition) is 2. The van der Waals surface area contributed by atoms with Crippen molar-refractivity contribution in [2.24, 2.45) is 0 Å². The monoisotopic (exact) mass is 227 g/mol. The van der Waals surface area contributed by atoms with E-state index >= 15 is 0 Å². The van der Waals surface area contributed by atoms with E-state index in [2.05, 4.69) is 10.3 Å². The third-order valence-corrected chi connectivity index (χ3v) is 2.29. The lowest BCUT2D eigenvalue weighted by Crippen LogP contribution is -1.93. The molecular formula is C9H7Cl2N3. The topological polar surface area (TPSA) is 30.7 Å². The summed E-state index contributed by atoms with van der Waals surface area (Å²) in [6.07, 6.45) is 1.79. The molecule has 0 fully saturated rings. The van der Waals surface area contributed by atoms with Gasteiger partial charge in [0.2, 0.25) is 0 Å². The first-order valence-electron chi connectivity index (χ1n) is 4.03. The van der Waals surface area contributed by atoms with E-state index in [4.69, 9.17) is 23.2 Å². The minimum atomic E-state index is 0.369. The van der Waals surface area contributed by atoms with E-state index in [9.17, 15) is 0 Å². The number of benzene rings is 1. The van der Waals surface area contributed by atoms with Crippen molar-refractivity contribution in [3.05, 3.63) is 41.2 Å². The van der Waals surface area contributed by atoms with Crippen LogP contribution in [-0.4, -0.2) is 15.0 Å². The molecule has 72 valence electrons. The van der Waals surface area contributed by atoms with Gasteiger partial charge in [-0.15, -0.1) is 16.7 Å². The van der Waals surface area contributed by atoms with Crippen molar-refractivity contribution in [3.63, 3.8) is 0 Å². The molecule has 0 saturated heterocycles. The van der Waals surface area contributed by atoms with E-state index in [1.165, 1.54) is 0 Å². The smallest absolute Gasteiger partial charge is 0.0979 e. The summed E-state index contributed by atoms with van der Waals surface area (Å²) in [7, 11) is 0. The average Bonchev–Trinajstić information content (AvgIpc) is 2.67. The van der Waals surface area contributed by atoms with Gasteiger partial charge in [0.15, 0.2) is 0 Å². The Bertz CT molecular complexity index is 422. The largest absolute Gasteiger partial charge is 0.220 e. The molecule has 5 heteroatoms. The molecule has 0 atom stereocenters. The van der Waals surface area contributed by atoms with Gasteiger partial charge in [0.1, 0.15) is 0 Å². The lowest BCUT2D eigenvalue weighted by Gasteiger charge is -1.98. The highest BCUT2D eigenvalue weighted by atomic mass is 35.5. The van der Waals surface area contributed by atoms with Gasteiger partial charge in [0.05, 0.1) is 23.5 Å². The predicted octanol–water partition coefficient (Wildman–Crippen LogP) is 2.66. The molecule has 1 aromatic carbocycles. The summed E-state index contributed by atoms with van der Waals surface area (Å²) in [6.45, 7) is 0. The molecule has 0 aliphatic carbocycles. The van der Waals surface area contributed by atoms with Crippen LogP contribution < -0.4 is 0 Å². The third-order valence-electron chi connectivity index (χ3n) is 1.77. The summed E-state index contributed by atoms with van der Waals surface area (Å²) < 4.78 is 1.66. The summed E-state index contributed by atoms with van der Waals surface area (Å²) in [5.74, 6) is 0.369. The summed E-state index contributed by atoms with van der Waals surface area (Å²) >= 11 is 11.4. The minimum Gasteiger partial charge on any atom is -0.220 e. The second-order valence-electron chi connectivity index (χ2n) is 2.76. The van der Waals surface area contributed by atoms with Crippen LogP contribution in [0, 0.1) is 0 Å². The fourth-order valence-corrected chi connectivity index (χ4v) is 1.33. The Morgan fingerprint density at radius 3 is 2.50 bits per heavy atom. The molecule has 0 amide bonds. The lowest BCUT2D eigenvalue weighted by atomic mass is 10.3. The molecule has 14 heavy (non-hydrogen) atoms. The van der Waals surface area contributed by atoms with E-state index in [1.54, 1.807) is 23.0 Å². The van der Waals surface area contributed by atoms with Gasteiger partial charge in [-0.3, -0.25) is 0 Å². The normalized spacial score (nSPS) is 10.4. The number of hydrogen-bond donors (Lipinski definition) is 0. The van der Waals surface area contributed by atoms with Crippen LogP contribution in [0.4, 0.5) is 0 Å². The van der Waals surface area contributed by atoms with Gasteiger partial charge < -0.3 is 0 Å². The van der Waals surface area contributed by atoms with Crippen molar-refractivity contribution in [1.29, 1.82) is 0 Å². The van der Waals surface area contributed by atoms with E-state index in [-0.39, 0.29) is 0 Å². The zero-order valence-electron chi connectivity index (χ0n) is 7.19. The highest BCUT2D eigenvalue weighted by molar-refractivity contribution is 6.30. The first-order chi connectivity index (χ1) is 6.79. The molecule has 0 unspecified atom stereocenters. The van der Waals surface area contributed by atoms with Gasteiger partial charge >= 0.3 is 0 Å². The quantitative estimate of drug-likeness (QED) is 0.739. The molecule has 0 spiro atoms.